The zero-order valence-corrected chi connectivity index (χ0v) is 9.89. The Morgan fingerprint density at radius 1 is 1.33 bits per heavy atom. The van der Waals surface area contributed by atoms with E-state index in [0.29, 0.717) is 12.2 Å². The molecule has 0 spiro atoms. The molecule has 5 heteroatoms. The molecule has 0 atom stereocenters. The predicted octanol–water partition coefficient (Wildman–Crippen LogP) is 2.00. The Labute approximate surface area is 105 Å². The number of H-pyrrole nitrogens is 1. The van der Waals surface area contributed by atoms with Crippen LogP contribution < -0.4 is 5.32 Å². The lowest BCUT2D eigenvalue weighted by Gasteiger charge is -2.28. The van der Waals surface area contributed by atoms with Crippen LogP contribution in [0.25, 0.3) is 0 Å². The van der Waals surface area contributed by atoms with Gasteiger partial charge in [0.15, 0.2) is 0 Å². The lowest BCUT2D eigenvalue weighted by molar-refractivity contribution is 0.206. The Morgan fingerprint density at radius 2 is 2.17 bits per heavy atom. The first kappa shape index (κ1) is 10.8. The fourth-order valence-electron chi connectivity index (χ4n) is 2.19. The van der Waals surface area contributed by atoms with Crippen molar-refractivity contribution in [1.29, 1.82) is 0 Å². The molecule has 3 rings (SSSR count). The number of carbonyl (C=O) groups excluding carboxylic acids is 1. The summed E-state index contributed by atoms with van der Waals surface area (Å²) in [7, 11) is 0. The summed E-state index contributed by atoms with van der Waals surface area (Å²) >= 11 is 0. The fourth-order valence-corrected chi connectivity index (χ4v) is 2.19. The molecule has 1 aromatic carbocycles. The molecule has 2 N–H and O–H groups in total. The highest BCUT2D eigenvalue weighted by atomic mass is 16.2. The van der Waals surface area contributed by atoms with Crippen LogP contribution in [0, 0.1) is 0 Å². The molecule has 92 valence electrons. The summed E-state index contributed by atoms with van der Waals surface area (Å²) in [5.41, 5.74) is 3.26. The average Bonchev–Trinajstić information content (AvgIpc) is 2.91. The van der Waals surface area contributed by atoms with Gasteiger partial charge >= 0.3 is 6.03 Å². The summed E-state index contributed by atoms with van der Waals surface area (Å²) in [6.45, 7) is 1.42. The van der Waals surface area contributed by atoms with Crippen molar-refractivity contribution in [3.63, 3.8) is 0 Å². The minimum atomic E-state index is -0.0779. The van der Waals surface area contributed by atoms with Gasteiger partial charge in [-0.05, 0) is 17.5 Å². The third-order valence-electron chi connectivity index (χ3n) is 3.17. The molecule has 0 unspecified atom stereocenters. The van der Waals surface area contributed by atoms with Gasteiger partial charge in [0.2, 0.25) is 0 Å². The lowest BCUT2D eigenvalue weighted by atomic mass is 10.0. The van der Waals surface area contributed by atoms with Crippen LogP contribution >= 0.6 is 0 Å². The highest BCUT2D eigenvalue weighted by Gasteiger charge is 2.20. The molecule has 1 aliphatic heterocycles. The maximum Gasteiger partial charge on any atom is 0.322 e. The van der Waals surface area contributed by atoms with E-state index < -0.39 is 0 Å². The molecule has 0 radical (unpaired) electrons. The van der Waals surface area contributed by atoms with Crippen molar-refractivity contribution in [2.75, 3.05) is 11.9 Å². The molecule has 2 amide bonds. The average molecular weight is 242 g/mol. The molecular formula is C13H14N4O. The molecule has 1 aliphatic rings. The summed E-state index contributed by atoms with van der Waals surface area (Å²) in [5.74, 6) is 0. The summed E-state index contributed by atoms with van der Waals surface area (Å²) in [5, 5.41) is 9.28. The number of carbonyl (C=O) groups is 1. The molecule has 2 aromatic rings. The van der Waals surface area contributed by atoms with Gasteiger partial charge < -0.3 is 10.2 Å². The molecular weight excluding hydrogens is 228 g/mol. The van der Waals surface area contributed by atoms with E-state index in [1.807, 2.05) is 17.0 Å². The number of urea groups is 1. The fraction of sp³-hybridized carbons (Fsp3) is 0.231. The second-order valence-corrected chi connectivity index (χ2v) is 4.36. The van der Waals surface area contributed by atoms with Crippen molar-refractivity contribution in [2.45, 2.75) is 13.0 Å². The first-order chi connectivity index (χ1) is 8.83. The van der Waals surface area contributed by atoms with E-state index in [2.05, 4.69) is 27.6 Å². The van der Waals surface area contributed by atoms with Crippen molar-refractivity contribution in [3.05, 3.63) is 47.8 Å². The predicted molar refractivity (Wildman–Crippen MR) is 68.2 cm³/mol. The number of nitrogens with one attached hydrogen (secondary N) is 2. The zero-order chi connectivity index (χ0) is 12.4. The van der Waals surface area contributed by atoms with E-state index in [-0.39, 0.29) is 6.03 Å². The standard InChI is InChI=1S/C13H14N4O/c18-13(16-12-7-14-15-8-12)17-6-5-10-3-1-2-4-11(10)9-17/h1-4,7-8H,5-6,9H2,(H,14,15)(H,16,18). The van der Waals surface area contributed by atoms with Crippen molar-refractivity contribution in [3.8, 4) is 0 Å². The van der Waals surface area contributed by atoms with Crippen molar-refractivity contribution in [2.24, 2.45) is 0 Å². The summed E-state index contributed by atoms with van der Waals surface area (Å²) in [6, 6.07) is 8.18. The molecule has 0 bridgehead atoms. The number of anilines is 1. The van der Waals surface area contributed by atoms with Crippen LogP contribution in [0.3, 0.4) is 0 Å². The summed E-state index contributed by atoms with van der Waals surface area (Å²) in [6.07, 6.45) is 4.17. The maximum absolute atomic E-state index is 12.0. The highest BCUT2D eigenvalue weighted by Crippen LogP contribution is 2.19. The van der Waals surface area contributed by atoms with Crippen molar-refractivity contribution < 1.29 is 4.79 Å². The van der Waals surface area contributed by atoms with Crippen LogP contribution in [0.15, 0.2) is 36.7 Å². The number of fused-ring (bicyclic) bond motifs is 1. The number of aromatic nitrogens is 2. The Hall–Kier alpha value is -2.30. The monoisotopic (exact) mass is 242 g/mol. The molecule has 0 saturated carbocycles. The van der Waals surface area contributed by atoms with Gasteiger partial charge in [-0.3, -0.25) is 5.10 Å². The number of benzene rings is 1. The number of nitrogens with zero attached hydrogens (tertiary/aromatic N) is 2. The number of rotatable bonds is 1. The first-order valence-corrected chi connectivity index (χ1v) is 5.94. The Balaban J connectivity index is 1.70. The van der Waals surface area contributed by atoms with Crippen molar-refractivity contribution in [1.82, 2.24) is 15.1 Å². The van der Waals surface area contributed by atoms with Gasteiger partial charge in [0, 0.05) is 19.3 Å². The van der Waals surface area contributed by atoms with Crippen molar-refractivity contribution >= 4 is 11.7 Å². The Bertz CT molecular complexity index is 550. The summed E-state index contributed by atoms with van der Waals surface area (Å²) < 4.78 is 0. The quantitative estimate of drug-likeness (QED) is 0.803. The smallest absolute Gasteiger partial charge is 0.320 e. The molecule has 5 nitrogen and oxygen atoms in total. The van der Waals surface area contributed by atoms with Gasteiger partial charge in [-0.1, -0.05) is 24.3 Å². The zero-order valence-electron chi connectivity index (χ0n) is 9.89. The first-order valence-electron chi connectivity index (χ1n) is 5.94. The van der Waals surface area contributed by atoms with Crippen LogP contribution in [0.5, 0.6) is 0 Å². The summed E-state index contributed by atoms with van der Waals surface area (Å²) in [4.78, 5) is 13.9. The SMILES string of the molecule is O=C(Nc1cn[nH]c1)N1CCc2ccccc2C1. The lowest BCUT2D eigenvalue weighted by Crippen LogP contribution is -2.38. The third kappa shape index (κ3) is 2.07. The molecule has 0 saturated heterocycles. The number of hydrogen-bond donors (Lipinski definition) is 2. The molecule has 0 fully saturated rings. The second kappa shape index (κ2) is 4.52. The van der Waals surface area contributed by atoms with Crippen LogP contribution in [0.2, 0.25) is 0 Å². The maximum atomic E-state index is 12.0. The molecule has 1 aromatic heterocycles. The van der Waals surface area contributed by atoms with Gasteiger partial charge in [-0.2, -0.15) is 5.10 Å². The minimum absolute atomic E-state index is 0.0779. The molecule has 0 aliphatic carbocycles. The topological polar surface area (TPSA) is 61.0 Å². The van der Waals surface area contributed by atoms with Gasteiger partial charge in [0.05, 0.1) is 11.9 Å². The van der Waals surface area contributed by atoms with E-state index in [9.17, 15) is 4.79 Å². The minimum Gasteiger partial charge on any atom is -0.320 e. The van der Waals surface area contributed by atoms with E-state index in [0.717, 1.165) is 13.0 Å². The van der Waals surface area contributed by atoms with Crippen LogP contribution in [0.1, 0.15) is 11.1 Å². The van der Waals surface area contributed by atoms with E-state index in [1.165, 1.54) is 11.1 Å². The largest absolute Gasteiger partial charge is 0.322 e. The van der Waals surface area contributed by atoms with Gasteiger partial charge in [-0.15, -0.1) is 0 Å². The van der Waals surface area contributed by atoms with Crippen LogP contribution in [0.4, 0.5) is 10.5 Å². The van der Waals surface area contributed by atoms with E-state index in [1.54, 1.807) is 12.4 Å². The second-order valence-electron chi connectivity index (χ2n) is 4.36. The Kier molecular flexibility index (Phi) is 2.72. The van der Waals surface area contributed by atoms with Gasteiger partial charge in [0.1, 0.15) is 0 Å². The number of hydrogen-bond acceptors (Lipinski definition) is 2. The normalized spacial score (nSPS) is 14.1. The Morgan fingerprint density at radius 3 is 2.94 bits per heavy atom. The van der Waals surface area contributed by atoms with Gasteiger partial charge in [0.25, 0.3) is 0 Å². The third-order valence-corrected chi connectivity index (χ3v) is 3.17. The van der Waals surface area contributed by atoms with Crippen LogP contribution in [-0.2, 0) is 13.0 Å². The van der Waals surface area contributed by atoms with E-state index in [4.69, 9.17) is 0 Å². The number of aromatic amines is 1. The highest BCUT2D eigenvalue weighted by molar-refractivity contribution is 5.89. The molecule has 18 heavy (non-hydrogen) atoms. The number of amides is 2. The molecule has 2 heterocycles. The van der Waals surface area contributed by atoms with Gasteiger partial charge in [-0.25, -0.2) is 4.79 Å². The van der Waals surface area contributed by atoms with E-state index >= 15 is 0 Å². The van der Waals surface area contributed by atoms with Crippen LogP contribution in [-0.4, -0.2) is 27.7 Å².